The van der Waals surface area contributed by atoms with E-state index in [0.29, 0.717) is 6.17 Å². The SMILES string of the molecule is CC(N=c1sc2ccccc2s1)N1CCCCC1. The summed E-state index contributed by atoms with van der Waals surface area (Å²) in [5.41, 5.74) is 0. The molecule has 1 aliphatic heterocycles. The minimum absolute atomic E-state index is 0.328. The highest BCUT2D eigenvalue weighted by atomic mass is 32.2. The fourth-order valence-electron chi connectivity index (χ4n) is 2.41. The van der Waals surface area contributed by atoms with Crippen molar-refractivity contribution in [2.24, 2.45) is 4.99 Å². The van der Waals surface area contributed by atoms with Crippen molar-refractivity contribution >= 4 is 32.1 Å². The van der Waals surface area contributed by atoms with Crippen molar-refractivity contribution in [1.82, 2.24) is 4.90 Å². The Morgan fingerprint density at radius 2 is 1.67 bits per heavy atom. The summed E-state index contributed by atoms with van der Waals surface area (Å²) in [4.78, 5) is 7.38. The zero-order chi connectivity index (χ0) is 12.4. The van der Waals surface area contributed by atoms with Gasteiger partial charge in [0.05, 0.1) is 0 Å². The highest BCUT2D eigenvalue weighted by Gasteiger charge is 2.15. The maximum atomic E-state index is 4.88. The number of rotatable bonds is 2. The Balaban J connectivity index is 1.85. The van der Waals surface area contributed by atoms with Gasteiger partial charge in [0.25, 0.3) is 0 Å². The quantitative estimate of drug-likeness (QED) is 0.818. The zero-order valence-corrected chi connectivity index (χ0v) is 12.3. The van der Waals surface area contributed by atoms with Gasteiger partial charge in [-0.3, -0.25) is 4.90 Å². The first-order valence-electron chi connectivity index (χ1n) is 6.59. The number of piperidine rings is 1. The summed E-state index contributed by atoms with van der Waals surface area (Å²) < 4.78 is 3.91. The standard InChI is InChI=1S/C14H18N2S2/c1-11(16-9-5-2-6-10-16)15-14-17-12-7-3-4-8-13(12)18-14/h3-4,7-8,11H,2,5-6,9-10H2,1H3. The second kappa shape index (κ2) is 5.51. The minimum Gasteiger partial charge on any atom is -0.282 e. The molecule has 0 radical (unpaired) electrons. The van der Waals surface area contributed by atoms with Gasteiger partial charge in [0.1, 0.15) is 6.17 Å². The lowest BCUT2D eigenvalue weighted by molar-refractivity contribution is 0.177. The first kappa shape index (κ1) is 12.3. The first-order chi connectivity index (χ1) is 8.83. The second-order valence-corrected chi connectivity index (χ2v) is 7.09. The number of hydrogen-bond acceptors (Lipinski definition) is 4. The summed E-state index contributed by atoms with van der Waals surface area (Å²) in [7, 11) is 0. The van der Waals surface area contributed by atoms with Crippen LogP contribution in [0.25, 0.3) is 9.40 Å². The van der Waals surface area contributed by atoms with Gasteiger partial charge < -0.3 is 0 Å². The van der Waals surface area contributed by atoms with E-state index in [4.69, 9.17) is 4.99 Å². The topological polar surface area (TPSA) is 15.6 Å². The van der Waals surface area contributed by atoms with Gasteiger partial charge in [-0.05, 0) is 31.9 Å². The van der Waals surface area contributed by atoms with Crippen LogP contribution in [-0.2, 0) is 0 Å². The summed E-state index contributed by atoms with van der Waals surface area (Å²) >= 11 is 3.63. The normalized spacial score (nSPS) is 18.9. The van der Waals surface area contributed by atoms with Gasteiger partial charge in [-0.25, -0.2) is 4.99 Å². The fraction of sp³-hybridized carbons (Fsp3) is 0.500. The van der Waals surface area contributed by atoms with Crippen molar-refractivity contribution in [3.63, 3.8) is 0 Å². The van der Waals surface area contributed by atoms with E-state index < -0.39 is 0 Å². The van der Waals surface area contributed by atoms with Crippen LogP contribution in [0.4, 0.5) is 0 Å². The Hall–Kier alpha value is -0.710. The third-order valence-electron chi connectivity index (χ3n) is 3.46. The number of likely N-dealkylation sites (tertiary alicyclic amines) is 1. The van der Waals surface area contributed by atoms with E-state index in [1.165, 1.54) is 45.7 Å². The molecule has 1 aromatic heterocycles. The Bertz CT molecular complexity index is 542. The van der Waals surface area contributed by atoms with E-state index in [0.717, 1.165) is 0 Å². The Labute approximate surface area is 116 Å². The van der Waals surface area contributed by atoms with Crippen molar-refractivity contribution in [3.8, 4) is 0 Å². The van der Waals surface area contributed by atoms with Crippen molar-refractivity contribution < 1.29 is 0 Å². The molecule has 2 aromatic rings. The van der Waals surface area contributed by atoms with Crippen molar-refractivity contribution in [3.05, 3.63) is 28.3 Å². The third-order valence-corrected chi connectivity index (χ3v) is 5.80. The smallest absolute Gasteiger partial charge is 0.168 e. The predicted molar refractivity (Wildman–Crippen MR) is 80.2 cm³/mol. The molecule has 1 aliphatic rings. The van der Waals surface area contributed by atoms with Gasteiger partial charge in [-0.1, -0.05) is 18.6 Å². The minimum atomic E-state index is 0.328. The predicted octanol–water partition coefficient (Wildman–Crippen LogP) is 3.70. The third kappa shape index (κ3) is 2.66. The Kier molecular flexibility index (Phi) is 3.77. The molecule has 1 fully saturated rings. The first-order valence-corrected chi connectivity index (χ1v) is 8.23. The number of hydrogen-bond donors (Lipinski definition) is 0. The number of nitrogens with zero attached hydrogens (tertiary/aromatic N) is 2. The van der Waals surface area contributed by atoms with Crippen molar-refractivity contribution in [2.75, 3.05) is 13.1 Å². The van der Waals surface area contributed by atoms with Gasteiger partial charge in [-0.2, -0.15) is 0 Å². The van der Waals surface area contributed by atoms with Crippen molar-refractivity contribution in [1.29, 1.82) is 0 Å². The average Bonchev–Trinajstić information content (AvgIpc) is 2.82. The Morgan fingerprint density at radius 3 is 2.28 bits per heavy atom. The highest BCUT2D eigenvalue weighted by molar-refractivity contribution is 7.35. The molecule has 1 saturated heterocycles. The molecule has 0 saturated carbocycles. The van der Waals surface area contributed by atoms with E-state index in [2.05, 4.69) is 36.1 Å². The molecule has 1 unspecified atom stereocenters. The lowest BCUT2D eigenvalue weighted by Gasteiger charge is -2.29. The van der Waals surface area contributed by atoms with E-state index in [1.54, 1.807) is 0 Å². The molecular formula is C14H18N2S2. The van der Waals surface area contributed by atoms with Gasteiger partial charge in [0.15, 0.2) is 3.98 Å². The molecule has 0 aliphatic carbocycles. The summed E-state index contributed by atoms with van der Waals surface area (Å²) in [6.07, 6.45) is 4.37. The molecule has 4 heteroatoms. The molecule has 18 heavy (non-hydrogen) atoms. The second-order valence-electron chi connectivity index (χ2n) is 4.77. The molecule has 0 amide bonds. The summed E-state index contributed by atoms with van der Waals surface area (Å²) in [5, 5.41) is 0. The molecule has 0 bridgehead atoms. The van der Waals surface area contributed by atoms with Gasteiger partial charge in [-0.15, -0.1) is 22.7 Å². The molecule has 1 atom stereocenters. The summed E-state index contributed by atoms with van der Waals surface area (Å²) in [6, 6.07) is 8.56. The van der Waals surface area contributed by atoms with E-state index >= 15 is 0 Å². The van der Waals surface area contributed by atoms with Crippen molar-refractivity contribution in [2.45, 2.75) is 32.4 Å². The largest absolute Gasteiger partial charge is 0.282 e. The van der Waals surface area contributed by atoms with Gasteiger partial charge >= 0.3 is 0 Å². The molecule has 3 rings (SSSR count). The zero-order valence-electron chi connectivity index (χ0n) is 10.6. The number of benzene rings is 1. The van der Waals surface area contributed by atoms with Crippen LogP contribution in [0.5, 0.6) is 0 Å². The average molecular weight is 278 g/mol. The molecule has 0 N–H and O–H groups in total. The lowest BCUT2D eigenvalue weighted by Crippen LogP contribution is -2.36. The van der Waals surface area contributed by atoms with Gasteiger partial charge in [0, 0.05) is 22.5 Å². The summed E-state index contributed by atoms with van der Waals surface area (Å²) in [6.45, 7) is 4.64. The van der Waals surface area contributed by atoms with Crippen LogP contribution in [0.3, 0.4) is 0 Å². The molecule has 2 nitrogen and oxygen atoms in total. The Morgan fingerprint density at radius 1 is 1.06 bits per heavy atom. The molecule has 0 spiro atoms. The van der Waals surface area contributed by atoms with E-state index in [1.807, 2.05) is 22.7 Å². The maximum Gasteiger partial charge on any atom is 0.168 e. The summed E-state index contributed by atoms with van der Waals surface area (Å²) in [5.74, 6) is 0. The van der Waals surface area contributed by atoms with Crippen LogP contribution >= 0.6 is 22.7 Å². The molecule has 1 aromatic carbocycles. The number of fused-ring (bicyclic) bond motifs is 1. The van der Waals surface area contributed by atoms with Crippen LogP contribution in [0.2, 0.25) is 0 Å². The fourth-order valence-corrected chi connectivity index (χ4v) is 4.78. The monoisotopic (exact) mass is 278 g/mol. The highest BCUT2D eigenvalue weighted by Crippen LogP contribution is 2.21. The van der Waals surface area contributed by atoms with Crippen LogP contribution in [0.1, 0.15) is 26.2 Å². The van der Waals surface area contributed by atoms with Crippen LogP contribution in [0.15, 0.2) is 29.3 Å². The maximum absolute atomic E-state index is 4.88. The van der Waals surface area contributed by atoms with Crippen LogP contribution in [0, 0.1) is 0 Å². The van der Waals surface area contributed by atoms with Crippen LogP contribution < -0.4 is 3.98 Å². The molecular weight excluding hydrogens is 260 g/mol. The van der Waals surface area contributed by atoms with E-state index in [-0.39, 0.29) is 0 Å². The lowest BCUT2D eigenvalue weighted by atomic mass is 10.1. The molecule has 96 valence electrons. The van der Waals surface area contributed by atoms with Gasteiger partial charge in [0.2, 0.25) is 0 Å². The van der Waals surface area contributed by atoms with Crippen LogP contribution in [-0.4, -0.2) is 24.2 Å². The molecule has 2 heterocycles. The van der Waals surface area contributed by atoms with E-state index in [9.17, 15) is 0 Å².